The van der Waals surface area contributed by atoms with Crippen LogP contribution >= 0.6 is 0 Å². The lowest BCUT2D eigenvalue weighted by atomic mass is 9.90. The number of benzene rings is 1. The smallest absolute Gasteiger partial charge is 0.242 e. The Morgan fingerprint density at radius 3 is 2.36 bits per heavy atom. The molecule has 36 heavy (non-hydrogen) atoms. The van der Waals surface area contributed by atoms with E-state index in [1.54, 1.807) is 30.7 Å². The lowest BCUT2D eigenvalue weighted by molar-refractivity contribution is -0.137. The van der Waals surface area contributed by atoms with Gasteiger partial charge in [-0.3, -0.25) is 24.5 Å². The number of rotatable bonds is 8. The van der Waals surface area contributed by atoms with Crippen molar-refractivity contribution in [1.29, 1.82) is 0 Å². The minimum Gasteiger partial charge on any atom is -0.313 e. The average Bonchev–Trinajstić information content (AvgIpc) is 2.93. The molecular formula is C29H35N5O2. The molecule has 1 aliphatic rings. The third kappa shape index (κ3) is 5.16. The van der Waals surface area contributed by atoms with Crippen molar-refractivity contribution >= 4 is 23.2 Å². The van der Waals surface area contributed by atoms with Gasteiger partial charge in [0.1, 0.15) is 5.41 Å². The summed E-state index contributed by atoms with van der Waals surface area (Å²) in [6.07, 6.45) is 6.37. The second-order valence-corrected chi connectivity index (χ2v) is 9.93. The summed E-state index contributed by atoms with van der Waals surface area (Å²) in [5, 5.41) is 0. The Bertz CT molecular complexity index is 1240. The Balaban J connectivity index is 1.64. The van der Waals surface area contributed by atoms with Gasteiger partial charge in [0.2, 0.25) is 11.8 Å². The van der Waals surface area contributed by atoms with E-state index in [-0.39, 0.29) is 11.8 Å². The molecule has 4 rings (SSSR count). The molecule has 0 aliphatic carbocycles. The molecule has 1 aliphatic heterocycles. The van der Waals surface area contributed by atoms with Crippen LogP contribution in [-0.4, -0.2) is 46.8 Å². The highest BCUT2D eigenvalue weighted by atomic mass is 16.2. The maximum Gasteiger partial charge on any atom is 0.242 e. The molecule has 0 fully saturated rings. The van der Waals surface area contributed by atoms with Crippen LogP contribution in [0.15, 0.2) is 61.1 Å². The molecule has 188 valence electrons. The number of amides is 2. The first-order valence-electron chi connectivity index (χ1n) is 12.5. The van der Waals surface area contributed by atoms with Gasteiger partial charge in [0, 0.05) is 57.5 Å². The van der Waals surface area contributed by atoms with Crippen molar-refractivity contribution in [2.45, 2.75) is 47.2 Å². The Kier molecular flexibility index (Phi) is 7.50. The number of pyridine rings is 2. The van der Waals surface area contributed by atoms with Crippen LogP contribution in [0.4, 0.5) is 11.4 Å². The largest absolute Gasteiger partial charge is 0.313 e. The highest BCUT2D eigenvalue weighted by Gasteiger charge is 2.45. The van der Waals surface area contributed by atoms with E-state index in [0.717, 1.165) is 42.1 Å². The van der Waals surface area contributed by atoms with Crippen LogP contribution in [0.2, 0.25) is 0 Å². The van der Waals surface area contributed by atoms with Crippen molar-refractivity contribution in [3.8, 4) is 0 Å². The van der Waals surface area contributed by atoms with E-state index in [2.05, 4.69) is 45.2 Å². The number of nitrogens with zero attached hydrogens (tertiary/aromatic N) is 5. The van der Waals surface area contributed by atoms with Crippen LogP contribution in [0.5, 0.6) is 0 Å². The zero-order valence-electron chi connectivity index (χ0n) is 21.9. The normalized spacial score (nSPS) is 15.3. The van der Waals surface area contributed by atoms with Gasteiger partial charge < -0.3 is 9.80 Å². The molecular weight excluding hydrogens is 450 g/mol. The van der Waals surface area contributed by atoms with E-state index in [0.29, 0.717) is 13.1 Å². The lowest BCUT2D eigenvalue weighted by Gasteiger charge is -2.27. The number of anilines is 2. The second kappa shape index (κ2) is 10.6. The number of hydrogen-bond donors (Lipinski definition) is 0. The molecule has 0 saturated heterocycles. The molecule has 0 atom stereocenters. The maximum atomic E-state index is 13.2. The van der Waals surface area contributed by atoms with E-state index in [1.165, 1.54) is 11.1 Å². The molecule has 7 heteroatoms. The summed E-state index contributed by atoms with van der Waals surface area (Å²) >= 11 is 0. The van der Waals surface area contributed by atoms with Crippen LogP contribution in [0.1, 0.15) is 43.2 Å². The zero-order chi connectivity index (χ0) is 25.9. The number of aryl methyl sites for hydroxylation is 1. The summed E-state index contributed by atoms with van der Waals surface area (Å²) in [6.45, 7) is 10.2. The summed E-state index contributed by atoms with van der Waals surface area (Å²) < 4.78 is 0. The molecule has 0 spiro atoms. The molecule has 0 unspecified atom stereocenters. The Hall–Kier alpha value is -3.58. The molecule has 0 radical (unpaired) electrons. The molecule has 3 heterocycles. The molecule has 0 N–H and O–H groups in total. The Labute approximate surface area is 213 Å². The molecule has 1 aromatic carbocycles. The highest BCUT2D eigenvalue weighted by Crippen LogP contribution is 2.39. The zero-order valence-corrected chi connectivity index (χ0v) is 21.9. The first-order valence-corrected chi connectivity index (χ1v) is 12.5. The van der Waals surface area contributed by atoms with Crippen molar-refractivity contribution in [2.75, 3.05) is 29.9 Å². The number of aromatic nitrogens is 2. The Morgan fingerprint density at radius 2 is 1.67 bits per heavy atom. The number of carbonyl (C=O) groups excluding carboxylic acids is 2. The number of carbonyl (C=O) groups is 2. The molecule has 7 nitrogen and oxygen atoms in total. The summed E-state index contributed by atoms with van der Waals surface area (Å²) in [5.41, 5.74) is 4.98. The summed E-state index contributed by atoms with van der Waals surface area (Å²) in [7, 11) is 1.76. The van der Waals surface area contributed by atoms with Crippen molar-refractivity contribution in [3.63, 3.8) is 0 Å². The third-order valence-corrected chi connectivity index (χ3v) is 7.01. The lowest BCUT2D eigenvalue weighted by Crippen LogP contribution is -2.47. The quantitative estimate of drug-likeness (QED) is 0.443. The van der Waals surface area contributed by atoms with Gasteiger partial charge in [-0.15, -0.1) is 0 Å². The van der Waals surface area contributed by atoms with Gasteiger partial charge in [-0.05, 0) is 81.1 Å². The first-order chi connectivity index (χ1) is 17.2. The van der Waals surface area contributed by atoms with E-state index >= 15 is 0 Å². The standard InChI is InChI=1S/C29H35N5O2/c1-6-34-25-10-9-23(18-26(25)32(5)27(35)29(3,4)28(34)36)19-33(17-13-22-11-15-30-16-12-22)20-24-8-7-14-31-21(24)2/h7-12,14-16,18H,6,13,17,19-20H2,1-5H3. The van der Waals surface area contributed by atoms with Gasteiger partial charge >= 0.3 is 0 Å². The first kappa shape index (κ1) is 25.5. The van der Waals surface area contributed by atoms with E-state index in [9.17, 15) is 9.59 Å². The van der Waals surface area contributed by atoms with Crippen LogP contribution in [0.3, 0.4) is 0 Å². The van der Waals surface area contributed by atoms with Crippen molar-refractivity contribution in [2.24, 2.45) is 5.41 Å². The van der Waals surface area contributed by atoms with Gasteiger partial charge in [-0.2, -0.15) is 0 Å². The fourth-order valence-electron chi connectivity index (χ4n) is 4.78. The van der Waals surface area contributed by atoms with E-state index in [1.807, 2.05) is 44.6 Å². The monoisotopic (exact) mass is 485 g/mol. The molecule has 2 aromatic heterocycles. The van der Waals surface area contributed by atoms with Gasteiger partial charge in [-0.1, -0.05) is 12.1 Å². The van der Waals surface area contributed by atoms with Crippen LogP contribution in [0.25, 0.3) is 0 Å². The van der Waals surface area contributed by atoms with Gasteiger partial charge in [0.05, 0.1) is 11.4 Å². The van der Waals surface area contributed by atoms with Gasteiger partial charge in [0.15, 0.2) is 0 Å². The molecule has 2 amide bonds. The fourth-order valence-corrected chi connectivity index (χ4v) is 4.78. The van der Waals surface area contributed by atoms with Crippen LogP contribution in [0, 0.1) is 12.3 Å². The topological polar surface area (TPSA) is 69.6 Å². The fraction of sp³-hybridized carbons (Fsp3) is 0.379. The van der Waals surface area contributed by atoms with Crippen molar-refractivity contribution in [1.82, 2.24) is 14.9 Å². The molecule has 0 bridgehead atoms. The highest BCUT2D eigenvalue weighted by molar-refractivity contribution is 6.19. The Morgan fingerprint density at radius 1 is 0.917 bits per heavy atom. The summed E-state index contributed by atoms with van der Waals surface area (Å²) in [4.78, 5) is 40.8. The van der Waals surface area contributed by atoms with Crippen LogP contribution < -0.4 is 9.80 Å². The summed E-state index contributed by atoms with van der Waals surface area (Å²) in [5.74, 6) is -0.359. The predicted molar refractivity (Wildman–Crippen MR) is 143 cm³/mol. The van der Waals surface area contributed by atoms with Crippen molar-refractivity contribution in [3.05, 3.63) is 83.4 Å². The number of fused-ring (bicyclic) bond motifs is 1. The SMILES string of the molecule is CCN1C(=O)C(C)(C)C(=O)N(C)c2cc(CN(CCc3ccncc3)Cc3cccnc3C)ccc21. The van der Waals surface area contributed by atoms with E-state index < -0.39 is 5.41 Å². The average molecular weight is 486 g/mol. The minimum absolute atomic E-state index is 0.167. The maximum absolute atomic E-state index is 13.2. The number of hydrogen-bond acceptors (Lipinski definition) is 5. The van der Waals surface area contributed by atoms with Crippen LogP contribution in [-0.2, 0) is 29.1 Å². The van der Waals surface area contributed by atoms with Gasteiger partial charge in [0.25, 0.3) is 0 Å². The predicted octanol–water partition coefficient (Wildman–Crippen LogP) is 4.39. The third-order valence-electron chi connectivity index (χ3n) is 7.01. The van der Waals surface area contributed by atoms with Crippen molar-refractivity contribution < 1.29 is 9.59 Å². The molecule has 0 saturated carbocycles. The summed E-state index contributed by atoms with van der Waals surface area (Å²) in [6, 6.07) is 14.3. The second-order valence-electron chi connectivity index (χ2n) is 9.93. The molecule has 3 aromatic rings. The van der Waals surface area contributed by atoms with E-state index in [4.69, 9.17) is 0 Å². The minimum atomic E-state index is -1.11. The van der Waals surface area contributed by atoms with Gasteiger partial charge in [-0.25, -0.2) is 0 Å².